The summed E-state index contributed by atoms with van der Waals surface area (Å²) in [6.45, 7) is 3.46. The molecule has 5 nitrogen and oxygen atoms in total. The van der Waals surface area contributed by atoms with Crippen LogP contribution in [0.15, 0.2) is 22.7 Å². The lowest BCUT2D eigenvalue weighted by Crippen LogP contribution is -2.54. The minimum atomic E-state index is -1.11. The molecule has 0 aliphatic carbocycles. The van der Waals surface area contributed by atoms with E-state index in [1.54, 1.807) is 23.1 Å². The molecule has 2 atom stereocenters. The average Bonchev–Trinajstić information content (AvgIpc) is 2.40. The van der Waals surface area contributed by atoms with Crippen molar-refractivity contribution >= 4 is 39.4 Å². The number of halogens is 2. The molecule has 2 unspecified atom stereocenters. The van der Waals surface area contributed by atoms with Gasteiger partial charge in [-0.25, -0.2) is 4.79 Å². The molecule has 1 N–H and O–H groups in total. The Balaban J connectivity index is 2.51. The fraction of sp³-hybridized carbons (Fsp3) is 0.429. The maximum Gasteiger partial charge on any atom is 0.335 e. The average molecular weight is 377 g/mol. The van der Waals surface area contributed by atoms with Crippen molar-refractivity contribution in [2.45, 2.75) is 32.0 Å². The van der Waals surface area contributed by atoms with Crippen molar-refractivity contribution in [1.29, 1.82) is 0 Å². The van der Waals surface area contributed by atoms with Crippen molar-refractivity contribution in [2.75, 3.05) is 6.61 Å². The van der Waals surface area contributed by atoms with Gasteiger partial charge in [0.15, 0.2) is 6.10 Å². The van der Waals surface area contributed by atoms with Crippen molar-refractivity contribution in [3.8, 4) is 0 Å². The van der Waals surface area contributed by atoms with Crippen LogP contribution in [0.5, 0.6) is 0 Å². The Morgan fingerprint density at radius 2 is 2.19 bits per heavy atom. The molecule has 0 spiro atoms. The summed E-state index contributed by atoms with van der Waals surface area (Å²) < 4.78 is 5.93. The van der Waals surface area contributed by atoms with Crippen LogP contribution in [0.3, 0.4) is 0 Å². The third-order valence-electron chi connectivity index (χ3n) is 3.35. The molecule has 0 bridgehead atoms. The van der Waals surface area contributed by atoms with E-state index in [1.807, 2.05) is 13.8 Å². The second-order valence-electron chi connectivity index (χ2n) is 5.08. The highest BCUT2D eigenvalue weighted by Crippen LogP contribution is 2.35. The molecular formula is C14H15BrClNO4. The van der Waals surface area contributed by atoms with E-state index in [0.717, 1.165) is 0 Å². The Bertz CT molecular complexity index is 578. The molecule has 2 rings (SSSR count). The van der Waals surface area contributed by atoms with Gasteiger partial charge in [0.2, 0.25) is 5.91 Å². The Morgan fingerprint density at radius 3 is 2.71 bits per heavy atom. The first-order valence-electron chi connectivity index (χ1n) is 6.43. The van der Waals surface area contributed by atoms with E-state index in [9.17, 15) is 14.7 Å². The number of amides is 1. The quantitative estimate of drug-likeness (QED) is 0.881. The fourth-order valence-electron chi connectivity index (χ4n) is 2.48. The summed E-state index contributed by atoms with van der Waals surface area (Å²) in [6, 6.07) is 4.29. The molecule has 1 fully saturated rings. The van der Waals surface area contributed by atoms with Crippen molar-refractivity contribution in [3.05, 3.63) is 33.3 Å². The minimum Gasteiger partial charge on any atom is -0.479 e. The molecule has 1 amide bonds. The highest BCUT2D eigenvalue weighted by Gasteiger charge is 2.43. The first-order chi connectivity index (χ1) is 9.82. The van der Waals surface area contributed by atoms with Crippen LogP contribution in [0.25, 0.3) is 0 Å². The Labute approximate surface area is 136 Å². The molecule has 0 aromatic heterocycles. The number of benzene rings is 1. The molecule has 7 heteroatoms. The monoisotopic (exact) mass is 375 g/mol. The third-order valence-corrected chi connectivity index (χ3v) is 4.58. The van der Waals surface area contributed by atoms with E-state index in [0.29, 0.717) is 15.1 Å². The molecule has 1 heterocycles. The number of hydrogen-bond donors (Lipinski definition) is 1. The summed E-state index contributed by atoms with van der Waals surface area (Å²) in [5.41, 5.74) is 0.636. The lowest BCUT2D eigenvalue weighted by atomic mass is 9.96. The van der Waals surface area contributed by atoms with Gasteiger partial charge in [-0.2, -0.15) is 0 Å². The van der Waals surface area contributed by atoms with Crippen LogP contribution in [-0.2, 0) is 14.3 Å². The summed E-state index contributed by atoms with van der Waals surface area (Å²) in [6.07, 6.45) is -1.11. The number of hydrogen-bond acceptors (Lipinski definition) is 3. The van der Waals surface area contributed by atoms with Crippen LogP contribution in [0.4, 0.5) is 0 Å². The number of ether oxygens (including phenoxy) is 1. The van der Waals surface area contributed by atoms with Gasteiger partial charge < -0.3 is 14.7 Å². The number of carboxylic acids is 1. The standard InChI is InChI=1S/C14H15BrClNO4/c1-7(2)17-11(18)6-21-13(14(19)20)12(17)8-3-4-9(15)10(16)5-8/h3-5,7,12-13H,6H2,1-2H3,(H,19,20). The number of carbonyl (C=O) groups excluding carboxylic acids is 1. The van der Waals surface area contributed by atoms with Crippen molar-refractivity contribution in [2.24, 2.45) is 0 Å². The Morgan fingerprint density at radius 1 is 1.52 bits per heavy atom. The third kappa shape index (κ3) is 3.22. The van der Waals surface area contributed by atoms with Crippen LogP contribution in [0, 0.1) is 0 Å². The molecule has 0 radical (unpaired) electrons. The van der Waals surface area contributed by atoms with Crippen LogP contribution in [0.1, 0.15) is 25.5 Å². The lowest BCUT2D eigenvalue weighted by molar-refractivity contribution is -0.175. The van der Waals surface area contributed by atoms with Crippen molar-refractivity contribution in [3.63, 3.8) is 0 Å². The smallest absolute Gasteiger partial charge is 0.335 e. The molecule has 1 aliphatic heterocycles. The van der Waals surface area contributed by atoms with E-state index < -0.39 is 18.1 Å². The van der Waals surface area contributed by atoms with Gasteiger partial charge in [0.05, 0.1) is 11.1 Å². The number of morpholine rings is 1. The Hall–Kier alpha value is -1.11. The maximum absolute atomic E-state index is 12.1. The van der Waals surface area contributed by atoms with E-state index in [-0.39, 0.29) is 18.6 Å². The predicted molar refractivity (Wildman–Crippen MR) is 81.3 cm³/mol. The van der Waals surface area contributed by atoms with Crippen LogP contribution in [-0.4, -0.2) is 40.6 Å². The normalized spacial score (nSPS) is 22.7. The topological polar surface area (TPSA) is 66.8 Å². The van der Waals surface area contributed by atoms with Gasteiger partial charge in [0.1, 0.15) is 6.61 Å². The van der Waals surface area contributed by atoms with Gasteiger partial charge in [-0.05, 0) is 47.5 Å². The largest absolute Gasteiger partial charge is 0.479 e. The maximum atomic E-state index is 12.1. The molecule has 0 saturated carbocycles. The van der Waals surface area contributed by atoms with Crippen LogP contribution in [0.2, 0.25) is 5.02 Å². The summed E-state index contributed by atoms with van der Waals surface area (Å²) in [4.78, 5) is 25.1. The number of carboxylic acid groups (broad SMARTS) is 1. The van der Waals surface area contributed by atoms with Gasteiger partial charge in [-0.1, -0.05) is 17.7 Å². The molecule has 21 heavy (non-hydrogen) atoms. The van der Waals surface area contributed by atoms with E-state index >= 15 is 0 Å². The first kappa shape index (κ1) is 16.3. The van der Waals surface area contributed by atoms with Gasteiger partial charge in [0, 0.05) is 10.5 Å². The van der Waals surface area contributed by atoms with Crippen molar-refractivity contribution in [1.82, 2.24) is 4.90 Å². The second kappa shape index (κ2) is 6.34. The molecule has 1 aromatic rings. The molecule has 1 aliphatic rings. The Kier molecular flexibility index (Phi) is 4.91. The zero-order valence-electron chi connectivity index (χ0n) is 11.5. The molecular weight excluding hydrogens is 362 g/mol. The fourth-order valence-corrected chi connectivity index (χ4v) is 2.91. The zero-order chi connectivity index (χ0) is 15.7. The van der Waals surface area contributed by atoms with Gasteiger partial charge in [-0.3, -0.25) is 4.79 Å². The lowest BCUT2D eigenvalue weighted by Gasteiger charge is -2.42. The number of carbonyl (C=O) groups is 2. The SMILES string of the molecule is CC(C)N1C(=O)COC(C(=O)O)C1c1ccc(Br)c(Cl)c1. The summed E-state index contributed by atoms with van der Waals surface area (Å²) in [7, 11) is 0. The minimum absolute atomic E-state index is 0.143. The highest BCUT2D eigenvalue weighted by molar-refractivity contribution is 9.10. The van der Waals surface area contributed by atoms with Gasteiger partial charge in [-0.15, -0.1) is 0 Å². The van der Waals surface area contributed by atoms with E-state index in [4.69, 9.17) is 16.3 Å². The number of rotatable bonds is 3. The summed E-state index contributed by atoms with van der Waals surface area (Å²) in [5.74, 6) is -1.33. The number of aliphatic carboxylic acids is 1. The van der Waals surface area contributed by atoms with Crippen LogP contribution < -0.4 is 0 Å². The zero-order valence-corrected chi connectivity index (χ0v) is 13.9. The summed E-state index contributed by atoms with van der Waals surface area (Å²) in [5, 5.41) is 9.83. The number of nitrogens with zero attached hydrogens (tertiary/aromatic N) is 1. The molecule has 1 saturated heterocycles. The molecule has 1 aromatic carbocycles. The molecule has 114 valence electrons. The highest BCUT2D eigenvalue weighted by atomic mass is 79.9. The second-order valence-corrected chi connectivity index (χ2v) is 6.34. The predicted octanol–water partition coefficient (Wildman–Crippen LogP) is 2.86. The van der Waals surface area contributed by atoms with Crippen LogP contribution >= 0.6 is 27.5 Å². The van der Waals surface area contributed by atoms with Crippen molar-refractivity contribution < 1.29 is 19.4 Å². The van der Waals surface area contributed by atoms with Gasteiger partial charge in [0.25, 0.3) is 0 Å². The summed E-state index contributed by atoms with van der Waals surface area (Å²) >= 11 is 9.38. The van der Waals surface area contributed by atoms with E-state index in [1.165, 1.54) is 0 Å². The van der Waals surface area contributed by atoms with E-state index in [2.05, 4.69) is 15.9 Å². The van der Waals surface area contributed by atoms with Gasteiger partial charge >= 0.3 is 5.97 Å². The first-order valence-corrected chi connectivity index (χ1v) is 7.60.